The van der Waals surface area contributed by atoms with E-state index in [9.17, 15) is 0 Å². The minimum absolute atomic E-state index is 0.0122. The first kappa shape index (κ1) is 19.6. The van der Waals surface area contributed by atoms with Crippen molar-refractivity contribution in [3.05, 3.63) is 60.3 Å². The van der Waals surface area contributed by atoms with E-state index < -0.39 is 0 Å². The van der Waals surface area contributed by atoms with E-state index in [0.717, 1.165) is 17.1 Å². The van der Waals surface area contributed by atoms with E-state index in [2.05, 4.69) is 52.7 Å². The zero-order chi connectivity index (χ0) is 20.1. The van der Waals surface area contributed by atoms with Gasteiger partial charge in [-0.05, 0) is 43.0 Å². The number of nitrogens with one attached hydrogen (secondary N) is 2. The first-order valence-corrected chi connectivity index (χ1v) is 9.42. The summed E-state index contributed by atoms with van der Waals surface area (Å²) < 4.78 is 5.84. The number of anilines is 4. The second-order valence-corrected chi connectivity index (χ2v) is 7.87. The molecule has 0 atom stereocenters. The molecule has 0 saturated carbocycles. The average Bonchev–Trinajstić information content (AvgIpc) is 2.63. The fourth-order valence-corrected chi connectivity index (χ4v) is 2.85. The van der Waals surface area contributed by atoms with Gasteiger partial charge in [-0.2, -0.15) is 10.1 Å². The Balaban J connectivity index is 1.83. The number of aromatic nitrogens is 3. The SMILES string of the molecule is CC(C)Oc1ccccc1Nc1nncc(Nc2ccccc2C(C)(C)C)n1. The molecule has 0 unspecified atom stereocenters. The predicted octanol–water partition coefficient (Wildman–Crippen LogP) is 5.44. The summed E-state index contributed by atoms with van der Waals surface area (Å²) in [6.45, 7) is 10.5. The van der Waals surface area contributed by atoms with Gasteiger partial charge in [-0.25, -0.2) is 0 Å². The molecular formula is C22H27N5O. The first-order valence-electron chi connectivity index (χ1n) is 9.42. The highest BCUT2D eigenvalue weighted by molar-refractivity contribution is 5.65. The molecule has 3 rings (SSSR count). The highest BCUT2D eigenvalue weighted by Crippen LogP contribution is 2.31. The molecule has 0 aliphatic heterocycles. The smallest absolute Gasteiger partial charge is 0.249 e. The lowest BCUT2D eigenvalue weighted by Gasteiger charge is -2.23. The summed E-state index contributed by atoms with van der Waals surface area (Å²) in [7, 11) is 0. The topological polar surface area (TPSA) is 72.0 Å². The van der Waals surface area contributed by atoms with Crippen molar-refractivity contribution in [1.82, 2.24) is 15.2 Å². The Labute approximate surface area is 166 Å². The molecule has 3 aromatic rings. The standard InChI is InChI=1S/C22H27N5O/c1-15(2)28-19-13-9-8-12-18(19)25-21-26-20(14-23-27-21)24-17-11-7-6-10-16(17)22(3,4)5/h6-15H,1-5H3,(H2,24,25,26,27). The fourth-order valence-electron chi connectivity index (χ4n) is 2.85. The quantitative estimate of drug-likeness (QED) is 0.596. The van der Waals surface area contributed by atoms with Crippen LogP contribution in [0.4, 0.5) is 23.1 Å². The lowest BCUT2D eigenvalue weighted by molar-refractivity contribution is 0.244. The molecule has 6 nitrogen and oxygen atoms in total. The van der Waals surface area contributed by atoms with Gasteiger partial charge in [0, 0.05) is 5.69 Å². The Kier molecular flexibility index (Phi) is 5.78. The van der Waals surface area contributed by atoms with Crippen molar-refractivity contribution in [2.45, 2.75) is 46.1 Å². The molecule has 2 N–H and O–H groups in total. The lowest BCUT2D eigenvalue weighted by Crippen LogP contribution is -2.14. The van der Waals surface area contributed by atoms with Crippen molar-refractivity contribution < 1.29 is 4.74 Å². The van der Waals surface area contributed by atoms with Gasteiger partial charge in [-0.1, -0.05) is 51.1 Å². The third kappa shape index (κ3) is 4.97. The van der Waals surface area contributed by atoms with Gasteiger partial charge in [-0.3, -0.25) is 0 Å². The fraction of sp³-hybridized carbons (Fsp3) is 0.318. The van der Waals surface area contributed by atoms with Gasteiger partial charge in [-0.15, -0.1) is 5.10 Å². The predicted molar refractivity (Wildman–Crippen MR) is 114 cm³/mol. The van der Waals surface area contributed by atoms with Crippen molar-refractivity contribution in [3.8, 4) is 5.75 Å². The van der Waals surface area contributed by atoms with Crippen LogP contribution in [0.3, 0.4) is 0 Å². The molecule has 1 aromatic heterocycles. The van der Waals surface area contributed by atoms with Gasteiger partial charge in [0.25, 0.3) is 0 Å². The Morgan fingerprint density at radius 3 is 2.29 bits per heavy atom. The molecule has 0 bridgehead atoms. The van der Waals surface area contributed by atoms with Crippen LogP contribution in [0, 0.1) is 0 Å². The number of hydrogen-bond acceptors (Lipinski definition) is 6. The van der Waals surface area contributed by atoms with Gasteiger partial charge in [0.2, 0.25) is 5.95 Å². The highest BCUT2D eigenvalue weighted by atomic mass is 16.5. The largest absolute Gasteiger partial charge is 0.489 e. The number of hydrogen-bond donors (Lipinski definition) is 2. The monoisotopic (exact) mass is 377 g/mol. The summed E-state index contributed by atoms with van der Waals surface area (Å²) >= 11 is 0. The molecule has 6 heteroatoms. The maximum Gasteiger partial charge on any atom is 0.249 e. The first-order chi connectivity index (χ1) is 13.3. The summed E-state index contributed by atoms with van der Waals surface area (Å²) in [5.41, 5.74) is 3.02. The van der Waals surface area contributed by atoms with E-state index in [4.69, 9.17) is 4.74 Å². The van der Waals surface area contributed by atoms with Crippen LogP contribution < -0.4 is 15.4 Å². The molecule has 0 amide bonds. The van der Waals surface area contributed by atoms with Crippen LogP contribution in [0.15, 0.2) is 54.7 Å². The molecule has 28 heavy (non-hydrogen) atoms. The molecule has 0 aliphatic rings. The number of nitrogens with zero attached hydrogens (tertiary/aromatic N) is 3. The third-order valence-electron chi connectivity index (χ3n) is 4.05. The Bertz CT molecular complexity index is 934. The van der Waals surface area contributed by atoms with Crippen molar-refractivity contribution in [1.29, 1.82) is 0 Å². The van der Waals surface area contributed by atoms with Gasteiger partial charge in [0.15, 0.2) is 5.82 Å². The highest BCUT2D eigenvalue weighted by Gasteiger charge is 2.18. The van der Waals surface area contributed by atoms with Gasteiger partial charge in [0.05, 0.1) is 18.0 Å². The maximum absolute atomic E-state index is 5.84. The minimum Gasteiger partial charge on any atom is -0.489 e. The van der Waals surface area contributed by atoms with Crippen LogP contribution >= 0.6 is 0 Å². The number of benzene rings is 2. The van der Waals surface area contributed by atoms with Crippen molar-refractivity contribution >= 4 is 23.1 Å². The van der Waals surface area contributed by atoms with Gasteiger partial charge < -0.3 is 15.4 Å². The summed E-state index contributed by atoms with van der Waals surface area (Å²) in [5, 5.41) is 14.7. The van der Waals surface area contributed by atoms with Gasteiger partial charge in [0.1, 0.15) is 5.75 Å². The number of para-hydroxylation sites is 3. The molecule has 0 radical (unpaired) electrons. The Hall–Kier alpha value is -3.15. The Morgan fingerprint density at radius 2 is 1.57 bits per heavy atom. The van der Waals surface area contributed by atoms with Crippen LogP contribution in [-0.4, -0.2) is 21.3 Å². The van der Waals surface area contributed by atoms with Crippen molar-refractivity contribution in [2.24, 2.45) is 0 Å². The molecule has 146 valence electrons. The molecule has 0 spiro atoms. The van der Waals surface area contributed by atoms with Crippen LogP contribution in [0.2, 0.25) is 0 Å². The van der Waals surface area contributed by atoms with E-state index in [1.807, 2.05) is 56.3 Å². The molecule has 1 heterocycles. The summed E-state index contributed by atoms with van der Waals surface area (Å²) in [6.07, 6.45) is 1.69. The van der Waals surface area contributed by atoms with Crippen LogP contribution in [0.1, 0.15) is 40.2 Å². The third-order valence-corrected chi connectivity index (χ3v) is 4.05. The van der Waals surface area contributed by atoms with E-state index in [1.54, 1.807) is 6.20 Å². The summed E-state index contributed by atoms with van der Waals surface area (Å²) in [5.74, 6) is 1.77. The van der Waals surface area contributed by atoms with Crippen molar-refractivity contribution in [2.75, 3.05) is 10.6 Å². The number of ether oxygens (including phenoxy) is 1. The summed E-state index contributed by atoms with van der Waals surface area (Å²) in [4.78, 5) is 4.56. The molecule has 0 aliphatic carbocycles. The van der Waals surface area contributed by atoms with Crippen LogP contribution in [0.5, 0.6) is 5.75 Å². The van der Waals surface area contributed by atoms with Crippen LogP contribution in [-0.2, 0) is 5.41 Å². The minimum atomic E-state index is 0.0122. The van der Waals surface area contributed by atoms with E-state index in [0.29, 0.717) is 11.8 Å². The Morgan fingerprint density at radius 1 is 0.893 bits per heavy atom. The second-order valence-electron chi connectivity index (χ2n) is 7.87. The maximum atomic E-state index is 5.84. The van der Waals surface area contributed by atoms with Crippen LogP contribution in [0.25, 0.3) is 0 Å². The molecular weight excluding hydrogens is 350 g/mol. The van der Waals surface area contributed by atoms with E-state index >= 15 is 0 Å². The van der Waals surface area contributed by atoms with E-state index in [1.165, 1.54) is 5.56 Å². The average molecular weight is 377 g/mol. The zero-order valence-electron chi connectivity index (χ0n) is 17.0. The van der Waals surface area contributed by atoms with E-state index in [-0.39, 0.29) is 11.5 Å². The number of rotatable bonds is 6. The normalized spacial score (nSPS) is 11.4. The second kappa shape index (κ2) is 8.25. The van der Waals surface area contributed by atoms with Crippen molar-refractivity contribution in [3.63, 3.8) is 0 Å². The molecule has 0 saturated heterocycles. The van der Waals surface area contributed by atoms with Gasteiger partial charge >= 0.3 is 0 Å². The molecule has 0 fully saturated rings. The molecule has 2 aromatic carbocycles. The lowest BCUT2D eigenvalue weighted by atomic mass is 9.86. The summed E-state index contributed by atoms with van der Waals surface area (Å²) in [6, 6.07) is 15.9. The zero-order valence-corrected chi connectivity index (χ0v) is 17.0.